The van der Waals surface area contributed by atoms with Gasteiger partial charge in [-0.05, 0) is 12.8 Å². The van der Waals surface area contributed by atoms with Gasteiger partial charge in [0.05, 0.1) is 19.2 Å². The van der Waals surface area contributed by atoms with Crippen molar-refractivity contribution >= 4 is 5.91 Å². The number of halogens is 2. The van der Waals surface area contributed by atoms with E-state index in [9.17, 15) is 28.9 Å². The SMILES string of the molecule is N[C@H]1CCCN(CC(F)(F)[C@@H]2O[C@H](CO)[C@H](O)[C@H](O)[C@H]2O)C1=O. The van der Waals surface area contributed by atoms with E-state index in [-0.39, 0.29) is 6.54 Å². The summed E-state index contributed by atoms with van der Waals surface area (Å²) >= 11 is 0. The molecule has 2 aliphatic rings. The van der Waals surface area contributed by atoms with Crippen LogP contribution in [0.1, 0.15) is 12.8 Å². The first-order valence-corrected chi connectivity index (χ1v) is 7.41. The van der Waals surface area contributed by atoms with Crippen molar-refractivity contribution in [1.82, 2.24) is 4.90 Å². The van der Waals surface area contributed by atoms with Gasteiger partial charge in [0.1, 0.15) is 24.4 Å². The monoisotopic (exact) mass is 340 g/mol. The Labute approximate surface area is 131 Å². The summed E-state index contributed by atoms with van der Waals surface area (Å²) in [6, 6.07) is -0.839. The van der Waals surface area contributed by atoms with E-state index in [1.54, 1.807) is 0 Å². The molecule has 8 nitrogen and oxygen atoms in total. The number of ether oxygens (including phenoxy) is 1. The Hall–Kier alpha value is -0.910. The van der Waals surface area contributed by atoms with E-state index < -0.39 is 61.5 Å². The number of nitrogens with zero attached hydrogens (tertiary/aromatic N) is 1. The van der Waals surface area contributed by atoms with Crippen molar-refractivity contribution in [3.63, 3.8) is 0 Å². The van der Waals surface area contributed by atoms with Gasteiger partial charge >= 0.3 is 0 Å². The molecule has 10 heteroatoms. The summed E-state index contributed by atoms with van der Waals surface area (Å²) in [5, 5.41) is 38.0. The zero-order chi connectivity index (χ0) is 17.4. The van der Waals surface area contributed by atoms with Crippen molar-refractivity contribution in [3.05, 3.63) is 0 Å². The molecule has 6 atom stereocenters. The number of carbonyl (C=O) groups excluding carboxylic acids is 1. The molecule has 2 heterocycles. The van der Waals surface area contributed by atoms with Gasteiger partial charge in [-0.25, -0.2) is 8.78 Å². The van der Waals surface area contributed by atoms with E-state index in [1.807, 2.05) is 0 Å². The fourth-order valence-electron chi connectivity index (χ4n) is 2.92. The molecule has 0 saturated carbocycles. The summed E-state index contributed by atoms with van der Waals surface area (Å²) in [4.78, 5) is 12.7. The number of aliphatic hydroxyl groups excluding tert-OH is 4. The highest BCUT2D eigenvalue weighted by atomic mass is 19.3. The Morgan fingerprint density at radius 3 is 2.52 bits per heavy atom. The van der Waals surface area contributed by atoms with Gasteiger partial charge in [-0.15, -0.1) is 0 Å². The summed E-state index contributed by atoms with van der Waals surface area (Å²) in [5.41, 5.74) is 5.55. The number of aliphatic hydroxyl groups is 4. The van der Waals surface area contributed by atoms with Crippen molar-refractivity contribution < 1.29 is 38.7 Å². The van der Waals surface area contributed by atoms with Crippen LogP contribution in [0.15, 0.2) is 0 Å². The van der Waals surface area contributed by atoms with Gasteiger partial charge in [-0.3, -0.25) is 4.79 Å². The minimum atomic E-state index is -3.69. The maximum Gasteiger partial charge on any atom is 0.293 e. The van der Waals surface area contributed by atoms with E-state index >= 15 is 0 Å². The van der Waals surface area contributed by atoms with Crippen LogP contribution in [0.3, 0.4) is 0 Å². The zero-order valence-corrected chi connectivity index (χ0v) is 12.4. The lowest BCUT2D eigenvalue weighted by atomic mass is 9.91. The van der Waals surface area contributed by atoms with Crippen molar-refractivity contribution in [1.29, 1.82) is 0 Å². The average molecular weight is 340 g/mol. The van der Waals surface area contributed by atoms with Crippen molar-refractivity contribution in [2.45, 2.75) is 55.3 Å². The lowest BCUT2D eigenvalue weighted by Gasteiger charge is -2.44. The van der Waals surface area contributed by atoms with Crippen molar-refractivity contribution in [2.75, 3.05) is 19.7 Å². The molecule has 2 rings (SSSR count). The Morgan fingerprint density at radius 1 is 1.26 bits per heavy atom. The minimum Gasteiger partial charge on any atom is -0.394 e. The smallest absolute Gasteiger partial charge is 0.293 e. The van der Waals surface area contributed by atoms with Crippen LogP contribution < -0.4 is 5.73 Å². The molecule has 0 radical (unpaired) electrons. The predicted octanol–water partition coefficient (Wildman–Crippen LogP) is -2.59. The topological polar surface area (TPSA) is 136 Å². The van der Waals surface area contributed by atoms with E-state index in [0.29, 0.717) is 12.8 Å². The number of nitrogens with two attached hydrogens (primary N) is 1. The molecule has 0 aliphatic carbocycles. The number of carbonyl (C=O) groups is 1. The van der Waals surface area contributed by atoms with Crippen molar-refractivity contribution in [2.24, 2.45) is 5.73 Å². The third-order valence-corrected chi connectivity index (χ3v) is 4.28. The molecule has 134 valence electrons. The predicted molar refractivity (Wildman–Crippen MR) is 72.5 cm³/mol. The Balaban J connectivity index is 2.12. The van der Waals surface area contributed by atoms with Gasteiger partial charge in [0.2, 0.25) is 5.91 Å². The van der Waals surface area contributed by atoms with Crippen LogP contribution in [0.2, 0.25) is 0 Å². The molecule has 2 saturated heterocycles. The number of amides is 1. The first kappa shape index (κ1) is 18.4. The number of alkyl halides is 2. The van der Waals surface area contributed by atoms with Crippen LogP contribution in [0.5, 0.6) is 0 Å². The molecule has 0 spiro atoms. The van der Waals surface area contributed by atoms with E-state index in [0.717, 1.165) is 4.90 Å². The van der Waals surface area contributed by atoms with Crippen LogP contribution in [-0.2, 0) is 9.53 Å². The quantitative estimate of drug-likeness (QED) is 0.379. The Morgan fingerprint density at radius 2 is 1.91 bits per heavy atom. The van der Waals surface area contributed by atoms with Crippen LogP contribution in [0.4, 0.5) is 8.78 Å². The summed E-state index contributed by atoms with van der Waals surface area (Å²) in [6.07, 6.45) is -8.36. The second kappa shape index (κ2) is 6.91. The lowest BCUT2D eigenvalue weighted by molar-refractivity contribution is -0.282. The normalized spacial score (nSPS) is 39.6. The molecule has 0 aromatic rings. The maximum atomic E-state index is 14.5. The molecule has 0 aromatic heterocycles. The largest absolute Gasteiger partial charge is 0.394 e. The fraction of sp³-hybridized carbons (Fsp3) is 0.923. The summed E-state index contributed by atoms with van der Waals surface area (Å²) in [6.45, 7) is -1.72. The molecule has 0 aromatic carbocycles. The molecular weight excluding hydrogens is 318 g/mol. The molecule has 23 heavy (non-hydrogen) atoms. The number of hydrogen-bond donors (Lipinski definition) is 5. The van der Waals surface area contributed by atoms with Gasteiger partial charge in [0, 0.05) is 6.54 Å². The molecule has 0 unspecified atom stereocenters. The first-order valence-electron chi connectivity index (χ1n) is 7.41. The number of piperidine rings is 1. The van der Waals surface area contributed by atoms with E-state index in [2.05, 4.69) is 0 Å². The molecule has 6 N–H and O–H groups in total. The Bertz CT molecular complexity index is 439. The van der Waals surface area contributed by atoms with E-state index in [4.69, 9.17) is 15.6 Å². The van der Waals surface area contributed by atoms with Crippen molar-refractivity contribution in [3.8, 4) is 0 Å². The van der Waals surface area contributed by atoms with Gasteiger partial charge in [-0.1, -0.05) is 0 Å². The molecule has 2 aliphatic heterocycles. The van der Waals surface area contributed by atoms with Crippen LogP contribution in [-0.4, -0.2) is 93.4 Å². The van der Waals surface area contributed by atoms with Crippen LogP contribution in [0, 0.1) is 0 Å². The number of rotatable bonds is 4. The lowest BCUT2D eigenvalue weighted by Crippen LogP contribution is -2.65. The maximum absolute atomic E-state index is 14.5. The molecular formula is C13H22F2N2O6. The van der Waals surface area contributed by atoms with Gasteiger partial charge in [0.25, 0.3) is 5.92 Å². The van der Waals surface area contributed by atoms with Gasteiger partial charge < -0.3 is 35.8 Å². The zero-order valence-electron chi connectivity index (χ0n) is 12.4. The van der Waals surface area contributed by atoms with Crippen LogP contribution >= 0.6 is 0 Å². The number of likely N-dealkylation sites (tertiary alicyclic amines) is 1. The second-order valence-electron chi connectivity index (χ2n) is 6.02. The van der Waals surface area contributed by atoms with Gasteiger partial charge in [-0.2, -0.15) is 0 Å². The third-order valence-electron chi connectivity index (χ3n) is 4.28. The third kappa shape index (κ3) is 3.62. The molecule has 1 amide bonds. The first-order chi connectivity index (χ1) is 10.7. The summed E-state index contributed by atoms with van der Waals surface area (Å²) < 4.78 is 33.8. The highest BCUT2D eigenvalue weighted by molar-refractivity contribution is 5.82. The highest BCUT2D eigenvalue weighted by Gasteiger charge is 2.55. The number of hydrogen-bond acceptors (Lipinski definition) is 7. The highest BCUT2D eigenvalue weighted by Crippen LogP contribution is 2.33. The Kier molecular flexibility index (Phi) is 5.54. The van der Waals surface area contributed by atoms with Crippen LogP contribution in [0.25, 0.3) is 0 Å². The average Bonchev–Trinajstić information content (AvgIpc) is 2.49. The fourth-order valence-corrected chi connectivity index (χ4v) is 2.92. The van der Waals surface area contributed by atoms with E-state index in [1.165, 1.54) is 0 Å². The van der Waals surface area contributed by atoms with Gasteiger partial charge in [0.15, 0.2) is 6.10 Å². The second-order valence-corrected chi connectivity index (χ2v) is 6.02. The standard InChI is InChI=1S/C13H22F2N2O6/c14-13(15,5-17-3-1-2-6(16)12(17)22)11-10(21)9(20)8(19)7(4-18)23-11/h6-11,18-21H,1-5,16H2/t6-,7+,8-,9-,10+,11+/m0/s1. The minimum absolute atomic E-state index is 0.111. The molecule has 2 fully saturated rings. The molecule has 0 bridgehead atoms. The summed E-state index contributed by atoms with van der Waals surface area (Å²) in [7, 11) is 0. The summed E-state index contributed by atoms with van der Waals surface area (Å²) in [5.74, 6) is -4.30.